The van der Waals surface area contributed by atoms with E-state index in [1.165, 1.54) is 29.8 Å². The molecule has 166 valence electrons. The number of hydrogen-bond donors (Lipinski definition) is 2. The molecule has 0 bridgehead atoms. The molecule has 3 aromatic rings. The number of ether oxygens (including phenoxy) is 1. The third-order valence-electron chi connectivity index (χ3n) is 5.40. The van der Waals surface area contributed by atoms with Gasteiger partial charge in [-0.2, -0.15) is 0 Å². The summed E-state index contributed by atoms with van der Waals surface area (Å²) in [6.07, 6.45) is 1.02. The van der Waals surface area contributed by atoms with Gasteiger partial charge < -0.3 is 15.4 Å². The van der Waals surface area contributed by atoms with E-state index < -0.39 is 0 Å². The van der Waals surface area contributed by atoms with Crippen LogP contribution in [0.5, 0.6) is 5.75 Å². The minimum Gasteiger partial charge on any atom is -0.484 e. The molecular formula is C26H27FN2O3. The van der Waals surface area contributed by atoms with Crippen LogP contribution in [0.4, 0.5) is 15.8 Å². The molecule has 5 nitrogen and oxygen atoms in total. The van der Waals surface area contributed by atoms with E-state index in [1.807, 2.05) is 24.3 Å². The lowest BCUT2D eigenvalue weighted by atomic mass is 9.82. The molecule has 0 aliphatic heterocycles. The van der Waals surface area contributed by atoms with Gasteiger partial charge >= 0.3 is 0 Å². The summed E-state index contributed by atoms with van der Waals surface area (Å²) in [4.78, 5) is 24.7. The summed E-state index contributed by atoms with van der Waals surface area (Å²) in [6, 6.07) is 19.8. The zero-order valence-corrected chi connectivity index (χ0v) is 18.4. The molecule has 0 aliphatic rings. The highest BCUT2D eigenvalue weighted by Crippen LogP contribution is 2.28. The Kier molecular flexibility index (Phi) is 7.25. The van der Waals surface area contributed by atoms with Gasteiger partial charge in [-0.15, -0.1) is 0 Å². The molecule has 0 spiro atoms. The van der Waals surface area contributed by atoms with E-state index in [1.54, 1.807) is 24.3 Å². The van der Waals surface area contributed by atoms with Gasteiger partial charge in [0.05, 0.1) is 0 Å². The van der Waals surface area contributed by atoms with Crippen molar-refractivity contribution >= 4 is 23.2 Å². The van der Waals surface area contributed by atoms with Crippen molar-refractivity contribution < 1.29 is 18.7 Å². The normalized spacial score (nSPS) is 11.0. The summed E-state index contributed by atoms with van der Waals surface area (Å²) >= 11 is 0. The minimum absolute atomic E-state index is 0.0872. The van der Waals surface area contributed by atoms with E-state index in [0.717, 1.165) is 6.42 Å². The standard InChI is InChI=1S/C26H27FN2O3/c1-4-26(2,3)19-8-14-23(15-9-19)32-17-24(30)28-22-7-5-6-18(16-22)25(31)29-21-12-10-20(27)11-13-21/h5-16H,4,17H2,1-3H3,(H,28,30)(H,29,31). The lowest BCUT2D eigenvalue weighted by molar-refractivity contribution is -0.118. The summed E-state index contributed by atoms with van der Waals surface area (Å²) < 4.78 is 18.6. The van der Waals surface area contributed by atoms with Crippen LogP contribution in [0.1, 0.15) is 43.1 Å². The number of nitrogens with one attached hydrogen (secondary N) is 2. The molecule has 0 fully saturated rings. The van der Waals surface area contributed by atoms with E-state index in [-0.39, 0.29) is 29.7 Å². The molecule has 0 aliphatic carbocycles. The molecule has 3 rings (SSSR count). The van der Waals surface area contributed by atoms with E-state index in [9.17, 15) is 14.0 Å². The first-order valence-electron chi connectivity index (χ1n) is 10.5. The summed E-state index contributed by atoms with van der Waals surface area (Å²) in [7, 11) is 0. The molecule has 0 saturated carbocycles. The number of amides is 2. The largest absolute Gasteiger partial charge is 0.484 e. The number of hydrogen-bond acceptors (Lipinski definition) is 3. The maximum absolute atomic E-state index is 13.0. The van der Waals surface area contributed by atoms with E-state index in [2.05, 4.69) is 31.4 Å². The minimum atomic E-state index is -0.379. The molecule has 0 unspecified atom stereocenters. The van der Waals surface area contributed by atoms with Crippen LogP contribution in [0.2, 0.25) is 0 Å². The molecule has 6 heteroatoms. The monoisotopic (exact) mass is 434 g/mol. The summed E-state index contributed by atoms with van der Waals surface area (Å²) in [5.74, 6) is -0.461. The molecule has 32 heavy (non-hydrogen) atoms. The lowest BCUT2D eigenvalue weighted by Gasteiger charge is -2.23. The molecule has 0 radical (unpaired) electrons. The van der Waals surface area contributed by atoms with Gasteiger partial charge in [0.1, 0.15) is 11.6 Å². The third-order valence-corrected chi connectivity index (χ3v) is 5.40. The highest BCUT2D eigenvalue weighted by atomic mass is 19.1. The maximum atomic E-state index is 13.0. The van der Waals surface area contributed by atoms with Crippen molar-refractivity contribution in [3.05, 3.63) is 89.7 Å². The number of halogens is 1. The summed E-state index contributed by atoms with van der Waals surface area (Å²) in [5, 5.41) is 5.42. The number of benzene rings is 3. The number of carbonyl (C=O) groups excluding carboxylic acids is 2. The van der Waals surface area contributed by atoms with Crippen LogP contribution in [0.15, 0.2) is 72.8 Å². The molecule has 0 atom stereocenters. The van der Waals surface area contributed by atoms with Crippen molar-refractivity contribution in [2.45, 2.75) is 32.6 Å². The fourth-order valence-electron chi connectivity index (χ4n) is 3.03. The van der Waals surface area contributed by atoms with Crippen molar-refractivity contribution in [1.29, 1.82) is 0 Å². The van der Waals surface area contributed by atoms with Crippen molar-refractivity contribution in [3.8, 4) is 5.75 Å². The molecular weight excluding hydrogens is 407 g/mol. The Hall–Kier alpha value is -3.67. The maximum Gasteiger partial charge on any atom is 0.262 e. The van der Waals surface area contributed by atoms with Crippen LogP contribution in [0.25, 0.3) is 0 Å². The fraction of sp³-hybridized carbons (Fsp3) is 0.231. The molecule has 0 aromatic heterocycles. The first-order valence-corrected chi connectivity index (χ1v) is 10.5. The molecule has 2 N–H and O–H groups in total. The average molecular weight is 435 g/mol. The number of rotatable bonds is 8. The van der Waals surface area contributed by atoms with Gasteiger partial charge in [-0.05, 0) is 72.0 Å². The van der Waals surface area contributed by atoms with Crippen LogP contribution >= 0.6 is 0 Å². The number of carbonyl (C=O) groups is 2. The highest BCUT2D eigenvalue weighted by Gasteiger charge is 2.17. The third kappa shape index (κ3) is 6.17. The molecule has 0 saturated heterocycles. The van der Waals surface area contributed by atoms with Gasteiger partial charge in [0, 0.05) is 16.9 Å². The quantitative estimate of drug-likeness (QED) is 0.472. The Morgan fingerprint density at radius 3 is 2.25 bits per heavy atom. The second-order valence-corrected chi connectivity index (χ2v) is 8.14. The first kappa shape index (κ1) is 23.0. The Balaban J connectivity index is 1.55. The van der Waals surface area contributed by atoms with E-state index in [0.29, 0.717) is 22.7 Å². The van der Waals surface area contributed by atoms with Crippen LogP contribution < -0.4 is 15.4 Å². The first-order chi connectivity index (χ1) is 15.3. The Labute approximate surface area is 187 Å². The van der Waals surface area contributed by atoms with Crippen LogP contribution in [0.3, 0.4) is 0 Å². The zero-order chi connectivity index (χ0) is 23.1. The molecule has 2 amide bonds. The Bertz CT molecular complexity index is 1080. The van der Waals surface area contributed by atoms with Crippen LogP contribution in [-0.2, 0) is 10.2 Å². The van der Waals surface area contributed by atoms with Gasteiger partial charge in [0.2, 0.25) is 0 Å². The predicted molar refractivity (Wildman–Crippen MR) is 125 cm³/mol. The lowest BCUT2D eigenvalue weighted by Crippen LogP contribution is -2.21. The summed E-state index contributed by atoms with van der Waals surface area (Å²) in [6.45, 7) is 6.37. The fourth-order valence-corrected chi connectivity index (χ4v) is 3.03. The van der Waals surface area contributed by atoms with Crippen molar-refractivity contribution in [3.63, 3.8) is 0 Å². The van der Waals surface area contributed by atoms with Crippen molar-refractivity contribution in [1.82, 2.24) is 0 Å². The van der Waals surface area contributed by atoms with E-state index in [4.69, 9.17) is 4.74 Å². The smallest absolute Gasteiger partial charge is 0.262 e. The summed E-state index contributed by atoms with van der Waals surface area (Å²) in [5.41, 5.74) is 2.62. The Morgan fingerprint density at radius 2 is 1.59 bits per heavy atom. The molecule has 3 aromatic carbocycles. The Morgan fingerprint density at radius 1 is 0.906 bits per heavy atom. The van der Waals surface area contributed by atoms with Crippen LogP contribution in [-0.4, -0.2) is 18.4 Å². The van der Waals surface area contributed by atoms with E-state index >= 15 is 0 Å². The van der Waals surface area contributed by atoms with Gasteiger partial charge in [-0.1, -0.05) is 39.0 Å². The number of anilines is 2. The van der Waals surface area contributed by atoms with Gasteiger partial charge in [0.15, 0.2) is 6.61 Å². The van der Waals surface area contributed by atoms with Gasteiger partial charge in [0.25, 0.3) is 11.8 Å². The van der Waals surface area contributed by atoms with Crippen LogP contribution in [0, 0.1) is 5.82 Å². The molecule has 0 heterocycles. The van der Waals surface area contributed by atoms with Crippen molar-refractivity contribution in [2.75, 3.05) is 17.2 Å². The zero-order valence-electron chi connectivity index (χ0n) is 18.4. The topological polar surface area (TPSA) is 67.4 Å². The van der Waals surface area contributed by atoms with Gasteiger partial charge in [-0.25, -0.2) is 4.39 Å². The second kappa shape index (κ2) is 10.1. The second-order valence-electron chi connectivity index (χ2n) is 8.14. The average Bonchev–Trinajstić information content (AvgIpc) is 2.79. The van der Waals surface area contributed by atoms with Gasteiger partial charge in [-0.3, -0.25) is 9.59 Å². The predicted octanol–water partition coefficient (Wildman–Crippen LogP) is 5.78. The SMILES string of the molecule is CCC(C)(C)c1ccc(OCC(=O)Nc2cccc(C(=O)Nc3ccc(F)cc3)c2)cc1. The highest BCUT2D eigenvalue weighted by molar-refractivity contribution is 6.05. The van der Waals surface area contributed by atoms with Crippen molar-refractivity contribution in [2.24, 2.45) is 0 Å².